The van der Waals surface area contributed by atoms with Crippen LogP contribution in [0.1, 0.15) is 18.4 Å². The molecule has 2 N–H and O–H groups in total. The summed E-state index contributed by atoms with van der Waals surface area (Å²) >= 11 is 0. The highest BCUT2D eigenvalue weighted by atomic mass is 32.2. The van der Waals surface area contributed by atoms with Gasteiger partial charge < -0.3 is 10.5 Å². The second-order valence-electron chi connectivity index (χ2n) is 5.03. The Hall–Kier alpha value is -0.980. The van der Waals surface area contributed by atoms with Gasteiger partial charge in [0.1, 0.15) is 5.82 Å². The Kier molecular flexibility index (Phi) is 3.68. The fourth-order valence-corrected chi connectivity index (χ4v) is 4.51. The van der Waals surface area contributed by atoms with E-state index >= 15 is 0 Å². The molecule has 6 heteroatoms. The first kappa shape index (κ1) is 14.4. The van der Waals surface area contributed by atoms with Crippen LogP contribution in [0.4, 0.5) is 4.39 Å². The van der Waals surface area contributed by atoms with Crippen molar-refractivity contribution in [2.75, 3.05) is 19.5 Å². The van der Waals surface area contributed by atoms with Crippen molar-refractivity contribution in [2.45, 2.75) is 23.6 Å². The van der Waals surface area contributed by atoms with E-state index in [2.05, 4.69) is 0 Å². The van der Waals surface area contributed by atoms with Crippen molar-refractivity contribution in [3.63, 3.8) is 0 Å². The Balaban J connectivity index is 2.30. The van der Waals surface area contributed by atoms with Crippen molar-refractivity contribution in [1.82, 2.24) is 0 Å². The lowest BCUT2D eigenvalue weighted by Gasteiger charge is -2.11. The Morgan fingerprint density at radius 2 is 1.95 bits per heavy atom. The van der Waals surface area contributed by atoms with Crippen LogP contribution in [-0.2, 0) is 14.6 Å². The maximum absolute atomic E-state index is 12.9. The molecule has 1 aliphatic rings. The van der Waals surface area contributed by atoms with Crippen LogP contribution in [0.3, 0.4) is 0 Å². The molecule has 0 amide bonds. The molecule has 2 rings (SSSR count). The smallest absolute Gasteiger partial charge is 0.152 e. The minimum absolute atomic E-state index is 0.184. The van der Waals surface area contributed by atoms with Crippen molar-refractivity contribution < 1.29 is 17.5 Å². The molecule has 0 bridgehead atoms. The quantitative estimate of drug-likeness (QED) is 0.879. The summed E-state index contributed by atoms with van der Waals surface area (Å²) in [5.74, 6) is -0.692. The SMILES string of the molecule is CCOC[C@@]1(N)[C@@H](c2ccc(F)cc2)[C@@H]1S(C)(=O)=O. The predicted molar refractivity (Wildman–Crippen MR) is 71.2 cm³/mol. The molecular weight excluding hydrogens is 269 g/mol. The standard InChI is InChI=1S/C13H18FNO3S/c1-3-18-8-13(15)11(12(13)19(2,16)17)9-4-6-10(14)7-5-9/h4-7,11-12H,3,8,15H2,1-2H3/t11-,12-,13+/m0/s1. The Labute approximate surface area is 112 Å². The summed E-state index contributed by atoms with van der Waals surface area (Å²) in [4.78, 5) is 0. The molecule has 0 aliphatic heterocycles. The maximum atomic E-state index is 12.9. The van der Waals surface area contributed by atoms with E-state index in [1.807, 2.05) is 6.92 Å². The summed E-state index contributed by atoms with van der Waals surface area (Å²) in [5.41, 5.74) is 6.00. The van der Waals surface area contributed by atoms with Crippen LogP contribution in [0.2, 0.25) is 0 Å². The Morgan fingerprint density at radius 3 is 2.42 bits per heavy atom. The van der Waals surface area contributed by atoms with Crippen molar-refractivity contribution in [3.05, 3.63) is 35.6 Å². The molecule has 0 spiro atoms. The molecular formula is C13H18FNO3S. The van der Waals surface area contributed by atoms with E-state index in [-0.39, 0.29) is 18.3 Å². The van der Waals surface area contributed by atoms with Gasteiger partial charge in [0.2, 0.25) is 0 Å². The number of sulfone groups is 1. The second kappa shape index (κ2) is 4.85. The van der Waals surface area contributed by atoms with Gasteiger partial charge in [-0.25, -0.2) is 12.8 Å². The van der Waals surface area contributed by atoms with Gasteiger partial charge in [0.15, 0.2) is 9.84 Å². The van der Waals surface area contributed by atoms with E-state index in [1.165, 1.54) is 18.4 Å². The zero-order valence-electron chi connectivity index (χ0n) is 11.0. The van der Waals surface area contributed by atoms with E-state index in [0.717, 1.165) is 5.56 Å². The topological polar surface area (TPSA) is 69.4 Å². The van der Waals surface area contributed by atoms with Gasteiger partial charge in [0.05, 0.1) is 17.4 Å². The van der Waals surface area contributed by atoms with Gasteiger partial charge in [-0.3, -0.25) is 0 Å². The molecule has 0 saturated heterocycles. The normalized spacial score (nSPS) is 30.3. The van der Waals surface area contributed by atoms with Gasteiger partial charge in [-0.1, -0.05) is 12.1 Å². The average molecular weight is 287 g/mol. The van der Waals surface area contributed by atoms with E-state index in [0.29, 0.717) is 6.61 Å². The number of benzene rings is 1. The Bertz CT molecular complexity index is 558. The van der Waals surface area contributed by atoms with Crippen LogP contribution >= 0.6 is 0 Å². The van der Waals surface area contributed by atoms with Gasteiger partial charge in [-0.05, 0) is 24.6 Å². The molecule has 106 valence electrons. The first-order valence-corrected chi connectivity index (χ1v) is 8.07. The molecule has 19 heavy (non-hydrogen) atoms. The van der Waals surface area contributed by atoms with E-state index in [9.17, 15) is 12.8 Å². The lowest BCUT2D eigenvalue weighted by atomic mass is 10.1. The molecule has 1 aromatic carbocycles. The fourth-order valence-electron chi connectivity index (χ4n) is 2.67. The summed E-state index contributed by atoms with van der Waals surface area (Å²) in [5, 5.41) is -0.669. The summed E-state index contributed by atoms with van der Waals surface area (Å²) in [6.07, 6.45) is 1.18. The molecule has 0 heterocycles. The predicted octanol–water partition coefficient (Wildman–Crippen LogP) is 1.07. The molecule has 1 saturated carbocycles. The van der Waals surface area contributed by atoms with Crippen molar-refractivity contribution in [3.8, 4) is 0 Å². The van der Waals surface area contributed by atoms with Crippen LogP contribution in [-0.4, -0.2) is 38.7 Å². The maximum Gasteiger partial charge on any atom is 0.152 e. The average Bonchev–Trinajstić information content (AvgIpc) is 2.95. The van der Waals surface area contributed by atoms with Gasteiger partial charge in [-0.15, -0.1) is 0 Å². The van der Waals surface area contributed by atoms with Crippen LogP contribution < -0.4 is 5.73 Å². The summed E-state index contributed by atoms with van der Waals surface area (Å²) in [6.45, 7) is 2.49. The number of hydrogen-bond donors (Lipinski definition) is 1. The van der Waals surface area contributed by atoms with Gasteiger partial charge >= 0.3 is 0 Å². The lowest BCUT2D eigenvalue weighted by molar-refractivity contribution is 0.125. The Morgan fingerprint density at radius 1 is 1.37 bits per heavy atom. The third-order valence-electron chi connectivity index (χ3n) is 3.55. The van der Waals surface area contributed by atoms with Crippen molar-refractivity contribution in [2.24, 2.45) is 5.73 Å². The molecule has 1 fully saturated rings. The highest BCUT2D eigenvalue weighted by molar-refractivity contribution is 7.91. The molecule has 4 nitrogen and oxygen atoms in total. The summed E-state index contributed by atoms with van der Waals surface area (Å²) in [7, 11) is -3.27. The molecule has 0 aromatic heterocycles. The first-order chi connectivity index (χ1) is 8.80. The van der Waals surface area contributed by atoms with E-state index < -0.39 is 20.6 Å². The first-order valence-electron chi connectivity index (χ1n) is 6.11. The summed E-state index contributed by atoms with van der Waals surface area (Å²) in [6, 6.07) is 5.79. The zero-order chi connectivity index (χ0) is 14.3. The number of halogens is 1. The lowest BCUT2D eigenvalue weighted by Crippen LogP contribution is -2.36. The fraction of sp³-hybridized carbons (Fsp3) is 0.538. The van der Waals surface area contributed by atoms with Crippen LogP contribution in [0, 0.1) is 5.82 Å². The minimum atomic E-state index is -3.27. The molecule has 1 aromatic rings. The highest BCUT2D eigenvalue weighted by Gasteiger charge is 2.68. The molecule has 3 atom stereocenters. The molecule has 0 radical (unpaired) electrons. The number of nitrogens with two attached hydrogens (primary N) is 1. The van der Waals surface area contributed by atoms with Crippen LogP contribution in [0.15, 0.2) is 24.3 Å². The monoisotopic (exact) mass is 287 g/mol. The third-order valence-corrected chi connectivity index (χ3v) is 5.18. The van der Waals surface area contributed by atoms with Gasteiger partial charge in [0.25, 0.3) is 0 Å². The van der Waals surface area contributed by atoms with Crippen LogP contribution in [0.25, 0.3) is 0 Å². The van der Waals surface area contributed by atoms with Gasteiger partial charge in [-0.2, -0.15) is 0 Å². The van der Waals surface area contributed by atoms with Crippen molar-refractivity contribution >= 4 is 9.84 Å². The van der Waals surface area contributed by atoms with Crippen LogP contribution in [0.5, 0.6) is 0 Å². The third kappa shape index (κ3) is 2.66. The van der Waals surface area contributed by atoms with E-state index in [1.54, 1.807) is 12.1 Å². The molecule has 1 aliphatic carbocycles. The zero-order valence-corrected chi connectivity index (χ0v) is 11.8. The largest absolute Gasteiger partial charge is 0.380 e. The molecule has 0 unspecified atom stereocenters. The highest BCUT2D eigenvalue weighted by Crippen LogP contribution is 2.53. The van der Waals surface area contributed by atoms with E-state index in [4.69, 9.17) is 10.5 Å². The minimum Gasteiger partial charge on any atom is -0.380 e. The van der Waals surface area contributed by atoms with Gasteiger partial charge in [0, 0.05) is 18.8 Å². The second-order valence-corrected chi connectivity index (χ2v) is 7.20. The number of rotatable bonds is 5. The summed E-state index contributed by atoms with van der Waals surface area (Å²) < 4.78 is 41.8. The number of hydrogen-bond acceptors (Lipinski definition) is 4. The number of ether oxygens (including phenoxy) is 1. The van der Waals surface area contributed by atoms with Crippen molar-refractivity contribution in [1.29, 1.82) is 0 Å².